The van der Waals surface area contributed by atoms with Crippen molar-refractivity contribution in [3.8, 4) is 11.1 Å². The number of anilines is 3. The molecule has 0 aliphatic carbocycles. The average molecular weight is 444 g/mol. The van der Waals surface area contributed by atoms with Crippen LogP contribution in [0, 0.1) is 0 Å². The fourth-order valence-electron chi connectivity index (χ4n) is 4.55. The number of aryl methyl sites for hydroxylation is 1. The first kappa shape index (κ1) is 21.2. The van der Waals surface area contributed by atoms with Gasteiger partial charge in [0.15, 0.2) is 0 Å². The van der Waals surface area contributed by atoms with Gasteiger partial charge in [0.25, 0.3) is 0 Å². The lowest BCUT2D eigenvalue weighted by Gasteiger charge is -2.39. The van der Waals surface area contributed by atoms with E-state index in [0.29, 0.717) is 23.6 Å². The van der Waals surface area contributed by atoms with Crippen molar-refractivity contribution in [2.75, 3.05) is 33.5 Å². The van der Waals surface area contributed by atoms with Crippen LogP contribution in [0.15, 0.2) is 36.4 Å². The van der Waals surface area contributed by atoms with Crippen LogP contribution in [-0.2, 0) is 21.2 Å². The molecule has 2 aromatic carbocycles. The SMILES string of the molecule is CC(=O)N1c2ccc(-c3ccc4c(c3)CCCN4S(C)(=O)=O)cc2N(C(=O)O)C[C@@H]1C. The van der Waals surface area contributed by atoms with Gasteiger partial charge < -0.3 is 10.0 Å². The first-order chi connectivity index (χ1) is 14.6. The maximum atomic E-state index is 12.2. The summed E-state index contributed by atoms with van der Waals surface area (Å²) < 4.78 is 25.6. The van der Waals surface area contributed by atoms with Gasteiger partial charge in [-0.3, -0.25) is 14.0 Å². The highest BCUT2D eigenvalue weighted by Gasteiger charge is 2.34. The van der Waals surface area contributed by atoms with Crippen LogP contribution in [-0.4, -0.2) is 50.9 Å². The third kappa shape index (κ3) is 3.74. The Morgan fingerprint density at radius 1 is 1.03 bits per heavy atom. The molecule has 0 spiro atoms. The number of hydrogen-bond acceptors (Lipinski definition) is 4. The Balaban J connectivity index is 1.80. The average Bonchev–Trinajstić information content (AvgIpc) is 2.70. The highest BCUT2D eigenvalue weighted by Crippen LogP contribution is 2.40. The molecule has 0 bridgehead atoms. The normalized spacial score (nSPS) is 18.4. The number of fused-ring (bicyclic) bond motifs is 2. The Hall–Kier alpha value is -3.07. The molecule has 0 aromatic heterocycles. The van der Waals surface area contributed by atoms with Crippen LogP contribution in [0.3, 0.4) is 0 Å². The molecule has 0 fully saturated rings. The Bertz CT molecular complexity index is 1180. The minimum absolute atomic E-state index is 0.138. The van der Waals surface area contributed by atoms with Crippen LogP contribution < -0.4 is 14.1 Å². The molecule has 2 aliphatic rings. The fourth-order valence-corrected chi connectivity index (χ4v) is 5.55. The monoisotopic (exact) mass is 443 g/mol. The summed E-state index contributed by atoms with van der Waals surface area (Å²) >= 11 is 0. The molecule has 0 saturated heterocycles. The Kier molecular flexibility index (Phi) is 5.17. The van der Waals surface area contributed by atoms with E-state index in [1.54, 1.807) is 17.0 Å². The molecule has 4 rings (SSSR count). The van der Waals surface area contributed by atoms with E-state index < -0.39 is 16.1 Å². The number of carbonyl (C=O) groups excluding carboxylic acids is 1. The molecule has 2 heterocycles. The maximum Gasteiger partial charge on any atom is 0.411 e. The lowest BCUT2D eigenvalue weighted by Crippen LogP contribution is -2.51. The van der Waals surface area contributed by atoms with Crippen molar-refractivity contribution >= 4 is 39.1 Å². The number of rotatable bonds is 2. The van der Waals surface area contributed by atoms with E-state index in [4.69, 9.17) is 0 Å². The Labute approximate surface area is 181 Å². The first-order valence-electron chi connectivity index (χ1n) is 10.1. The highest BCUT2D eigenvalue weighted by atomic mass is 32.2. The molecule has 0 unspecified atom stereocenters. The van der Waals surface area contributed by atoms with Crippen molar-refractivity contribution < 1.29 is 23.1 Å². The fraction of sp³-hybridized carbons (Fsp3) is 0.364. The van der Waals surface area contributed by atoms with Gasteiger partial charge in [0, 0.05) is 20.0 Å². The molecule has 2 aliphatic heterocycles. The second-order valence-corrected chi connectivity index (χ2v) is 10.0. The summed E-state index contributed by atoms with van der Waals surface area (Å²) in [6, 6.07) is 10.8. The summed E-state index contributed by atoms with van der Waals surface area (Å²) in [5, 5.41) is 9.71. The Morgan fingerprint density at radius 2 is 1.68 bits per heavy atom. The van der Waals surface area contributed by atoms with Gasteiger partial charge in [-0.1, -0.05) is 12.1 Å². The van der Waals surface area contributed by atoms with E-state index in [1.807, 2.05) is 31.2 Å². The molecule has 1 N–H and O–H groups in total. The number of nitrogens with zero attached hydrogens (tertiary/aromatic N) is 3. The molecule has 164 valence electrons. The van der Waals surface area contributed by atoms with Gasteiger partial charge in [-0.2, -0.15) is 0 Å². The summed E-state index contributed by atoms with van der Waals surface area (Å²) in [6.07, 6.45) is 1.66. The first-order valence-corrected chi connectivity index (χ1v) is 12.0. The predicted octanol–water partition coefficient (Wildman–Crippen LogP) is 3.31. The summed E-state index contributed by atoms with van der Waals surface area (Å²) in [7, 11) is -3.34. The molecule has 8 nitrogen and oxygen atoms in total. The molecule has 31 heavy (non-hydrogen) atoms. The largest absolute Gasteiger partial charge is 0.465 e. The molecule has 0 saturated carbocycles. The van der Waals surface area contributed by atoms with Crippen molar-refractivity contribution in [2.24, 2.45) is 0 Å². The summed E-state index contributed by atoms with van der Waals surface area (Å²) in [6.45, 7) is 3.96. The van der Waals surface area contributed by atoms with Gasteiger partial charge in [-0.15, -0.1) is 0 Å². The van der Waals surface area contributed by atoms with Gasteiger partial charge in [0.2, 0.25) is 15.9 Å². The molecular weight excluding hydrogens is 418 g/mol. The molecule has 0 radical (unpaired) electrons. The standard InChI is InChI=1S/C22H25N3O5S/c1-14-13-23(22(27)28)21-12-17(7-9-20(21)25(14)15(2)26)16-6-8-19-18(11-16)5-4-10-24(19)31(3,29)30/h6-9,11-12,14H,4-5,10,13H2,1-3H3,(H,27,28)/t14-/m0/s1. The number of sulfonamides is 1. The summed E-state index contributed by atoms with van der Waals surface area (Å²) in [5.74, 6) is -0.138. The predicted molar refractivity (Wildman–Crippen MR) is 120 cm³/mol. The smallest absolute Gasteiger partial charge is 0.411 e. The zero-order chi connectivity index (χ0) is 22.5. The van der Waals surface area contributed by atoms with Crippen molar-refractivity contribution in [3.63, 3.8) is 0 Å². The topological polar surface area (TPSA) is 98.2 Å². The molecule has 2 amide bonds. The summed E-state index contributed by atoms with van der Waals surface area (Å²) in [5.41, 5.74) is 4.35. The van der Waals surface area contributed by atoms with E-state index in [0.717, 1.165) is 29.5 Å². The molecule has 1 atom stereocenters. The number of carboxylic acid groups (broad SMARTS) is 1. The van der Waals surface area contributed by atoms with E-state index in [1.165, 1.54) is 22.4 Å². The number of carbonyl (C=O) groups is 2. The van der Waals surface area contributed by atoms with E-state index in [9.17, 15) is 23.1 Å². The number of hydrogen-bond donors (Lipinski definition) is 1. The minimum atomic E-state index is -3.34. The van der Waals surface area contributed by atoms with Gasteiger partial charge in [0.1, 0.15) is 0 Å². The van der Waals surface area contributed by atoms with Gasteiger partial charge >= 0.3 is 6.09 Å². The van der Waals surface area contributed by atoms with Crippen LogP contribution in [0.1, 0.15) is 25.8 Å². The Morgan fingerprint density at radius 3 is 2.29 bits per heavy atom. The molecule has 2 aromatic rings. The van der Waals surface area contributed by atoms with E-state index >= 15 is 0 Å². The second kappa shape index (κ2) is 7.56. The minimum Gasteiger partial charge on any atom is -0.465 e. The van der Waals surface area contributed by atoms with Gasteiger partial charge in [-0.05, 0) is 60.7 Å². The van der Waals surface area contributed by atoms with Gasteiger partial charge in [-0.25, -0.2) is 13.2 Å². The van der Waals surface area contributed by atoms with Crippen LogP contribution in [0.4, 0.5) is 21.9 Å². The van der Waals surface area contributed by atoms with Crippen LogP contribution in [0.2, 0.25) is 0 Å². The van der Waals surface area contributed by atoms with E-state index in [2.05, 4.69) is 0 Å². The zero-order valence-corrected chi connectivity index (χ0v) is 18.5. The van der Waals surface area contributed by atoms with Crippen LogP contribution in [0.25, 0.3) is 11.1 Å². The quantitative estimate of drug-likeness (QED) is 0.768. The summed E-state index contributed by atoms with van der Waals surface area (Å²) in [4.78, 5) is 26.9. The lowest BCUT2D eigenvalue weighted by molar-refractivity contribution is -0.117. The second-order valence-electron chi connectivity index (χ2n) is 8.12. The van der Waals surface area contributed by atoms with Crippen molar-refractivity contribution in [1.29, 1.82) is 0 Å². The third-order valence-corrected chi connectivity index (χ3v) is 7.05. The van der Waals surface area contributed by atoms with Gasteiger partial charge in [0.05, 0.1) is 29.4 Å². The molecular formula is C22H25N3O5S. The van der Waals surface area contributed by atoms with Crippen LogP contribution in [0.5, 0.6) is 0 Å². The van der Waals surface area contributed by atoms with Crippen molar-refractivity contribution in [2.45, 2.75) is 32.7 Å². The maximum absolute atomic E-state index is 12.2. The zero-order valence-electron chi connectivity index (χ0n) is 17.7. The van der Waals surface area contributed by atoms with Crippen LogP contribution >= 0.6 is 0 Å². The van der Waals surface area contributed by atoms with Crippen molar-refractivity contribution in [3.05, 3.63) is 42.0 Å². The number of benzene rings is 2. The van der Waals surface area contributed by atoms with Crippen molar-refractivity contribution in [1.82, 2.24) is 0 Å². The lowest BCUT2D eigenvalue weighted by atomic mass is 9.96. The molecule has 9 heteroatoms. The number of amides is 2. The van der Waals surface area contributed by atoms with E-state index in [-0.39, 0.29) is 18.5 Å². The third-order valence-electron chi connectivity index (χ3n) is 5.87. The highest BCUT2D eigenvalue weighted by molar-refractivity contribution is 7.92.